The fourth-order valence-electron chi connectivity index (χ4n) is 1.64. The number of hydrogen-bond acceptors (Lipinski definition) is 6. The predicted molar refractivity (Wildman–Crippen MR) is 51.7 cm³/mol. The van der Waals surface area contributed by atoms with E-state index >= 15 is 0 Å². The molecule has 0 spiro atoms. The van der Waals surface area contributed by atoms with Gasteiger partial charge in [0.2, 0.25) is 11.0 Å². The molecular weight excluding hydrogens is 202 g/mol. The van der Waals surface area contributed by atoms with Crippen molar-refractivity contribution in [2.75, 3.05) is 5.32 Å². The van der Waals surface area contributed by atoms with E-state index in [2.05, 4.69) is 20.1 Å². The Morgan fingerprint density at radius 3 is 3.00 bits per heavy atom. The molecular formula is C7H11N5OS. The van der Waals surface area contributed by atoms with Gasteiger partial charge in [0, 0.05) is 23.5 Å². The minimum Gasteiger partial charge on any atom is -0.328 e. The molecule has 1 aliphatic carbocycles. The molecule has 0 aromatic carbocycles. The Labute approximate surface area is 85.0 Å². The fraction of sp³-hybridized carbons (Fsp3) is 0.714. The van der Waals surface area contributed by atoms with Gasteiger partial charge in [0.25, 0.3) is 0 Å². The maximum absolute atomic E-state index is 11.6. The summed E-state index contributed by atoms with van der Waals surface area (Å²) in [7, 11) is 0. The number of carbonyl (C=O) groups excluding carboxylic acids is 1. The van der Waals surface area contributed by atoms with E-state index in [0.717, 1.165) is 30.8 Å². The number of amides is 1. The van der Waals surface area contributed by atoms with Gasteiger partial charge in [0.15, 0.2) is 0 Å². The summed E-state index contributed by atoms with van der Waals surface area (Å²) < 4.78 is 3.56. The number of hydrogen-bond donors (Lipinski definition) is 2. The zero-order valence-corrected chi connectivity index (χ0v) is 8.33. The van der Waals surface area contributed by atoms with Crippen molar-refractivity contribution in [2.45, 2.75) is 25.3 Å². The summed E-state index contributed by atoms with van der Waals surface area (Å²) in [6.45, 7) is 0. The molecule has 2 rings (SSSR count). The Bertz CT molecular complexity index is 314. The van der Waals surface area contributed by atoms with Crippen molar-refractivity contribution in [3.05, 3.63) is 0 Å². The molecule has 1 aromatic rings. The second-order valence-electron chi connectivity index (χ2n) is 3.43. The van der Waals surface area contributed by atoms with E-state index in [9.17, 15) is 4.79 Å². The lowest BCUT2D eigenvalue weighted by Crippen LogP contribution is -2.23. The molecule has 76 valence electrons. The van der Waals surface area contributed by atoms with Crippen molar-refractivity contribution in [2.24, 2.45) is 11.7 Å². The normalized spacial score (nSPS) is 26.4. The van der Waals surface area contributed by atoms with E-state index in [4.69, 9.17) is 5.73 Å². The highest BCUT2D eigenvalue weighted by atomic mass is 32.1. The quantitative estimate of drug-likeness (QED) is 0.721. The summed E-state index contributed by atoms with van der Waals surface area (Å²) >= 11 is 1.08. The van der Waals surface area contributed by atoms with E-state index in [1.54, 1.807) is 0 Å². The number of nitrogens with zero attached hydrogens (tertiary/aromatic N) is 3. The first kappa shape index (κ1) is 9.47. The molecule has 1 amide bonds. The Morgan fingerprint density at radius 1 is 1.57 bits per heavy atom. The SMILES string of the molecule is NC1CCC(C(=O)Nc2nnns2)C1. The van der Waals surface area contributed by atoms with Gasteiger partial charge in [0.1, 0.15) is 0 Å². The van der Waals surface area contributed by atoms with Crippen LogP contribution in [0.4, 0.5) is 5.13 Å². The average molecular weight is 213 g/mol. The third-order valence-corrected chi connectivity index (χ3v) is 2.88. The molecule has 7 heteroatoms. The summed E-state index contributed by atoms with van der Waals surface area (Å²) in [5.74, 6) is 0.00500. The Hall–Kier alpha value is -1.08. The molecule has 6 nitrogen and oxygen atoms in total. The number of anilines is 1. The van der Waals surface area contributed by atoms with Gasteiger partial charge in [-0.05, 0) is 24.5 Å². The summed E-state index contributed by atoms with van der Waals surface area (Å²) in [6.07, 6.45) is 2.55. The van der Waals surface area contributed by atoms with Crippen molar-refractivity contribution < 1.29 is 4.79 Å². The minimum atomic E-state index is -0.0171. The van der Waals surface area contributed by atoms with Crippen molar-refractivity contribution in [3.63, 3.8) is 0 Å². The van der Waals surface area contributed by atoms with Crippen molar-refractivity contribution in [3.8, 4) is 0 Å². The van der Waals surface area contributed by atoms with E-state index in [1.807, 2.05) is 0 Å². The zero-order valence-electron chi connectivity index (χ0n) is 7.51. The first-order chi connectivity index (χ1) is 6.75. The molecule has 3 N–H and O–H groups in total. The van der Waals surface area contributed by atoms with Crippen LogP contribution >= 0.6 is 11.5 Å². The van der Waals surface area contributed by atoms with Gasteiger partial charge < -0.3 is 5.73 Å². The summed E-state index contributed by atoms with van der Waals surface area (Å²) in [6, 6.07) is 0.165. The fourth-order valence-corrected chi connectivity index (χ4v) is 2.01. The van der Waals surface area contributed by atoms with Gasteiger partial charge in [-0.15, -0.1) is 0 Å². The molecule has 2 unspecified atom stereocenters. The van der Waals surface area contributed by atoms with Gasteiger partial charge in [-0.1, -0.05) is 9.59 Å². The van der Waals surface area contributed by atoms with Crippen LogP contribution in [-0.2, 0) is 4.79 Å². The lowest BCUT2D eigenvalue weighted by Gasteiger charge is -2.07. The summed E-state index contributed by atoms with van der Waals surface area (Å²) in [5.41, 5.74) is 5.72. The van der Waals surface area contributed by atoms with E-state index < -0.39 is 0 Å². The van der Waals surface area contributed by atoms with Crippen LogP contribution in [-0.4, -0.2) is 26.7 Å². The van der Waals surface area contributed by atoms with Gasteiger partial charge in [-0.25, -0.2) is 0 Å². The summed E-state index contributed by atoms with van der Waals surface area (Å²) in [4.78, 5) is 11.6. The summed E-state index contributed by atoms with van der Waals surface area (Å²) in [5, 5.41) is 10.2. The van der Waals surface area contributed by atoms with Crippen molar-refractivity contribution in [1.82, 2.24) is 14.8 Å². The number of nitrogens with one attached hydrogen (secondary N) is 1. The highest BCUT2D eigenvalue weighted by molar-refractivity contribution is 7.09. The van der Waals surface area contributed by atoms with Crippen LogP contribution in [0.5, 0.6) is 0 Å². The second kappa shape index (κ2) is 3.97. The van der Waals surface area contributed by atoms with Crippen LogP contribution in [0.15, 0.2) is 0 Å². The van der Waals surface area contributed by atoms with Gasteiger partial charge >= 0.3 is 0 Å². The molecule has 1 aliphatic rings. The molecule has 14 heavy (non-hydrogen) atoms. The van der Waals surface area contributed by atoms with Crippen LogP contribution in [0.3, 0.4) is 0 Å². The van der Waals surface area contributed by atoms with Crippen LogP contribution in [0.2, 0.25) is 0 Å². The van der Waals surface area contributed by atoms with Gasteiger partial charge in [0.05, 0.1) is 0 Å². The van der Waals surface area contributed by atoms with E-state index in [-0.39, 0.29) is 17.9 Å². The second-order valence-corrected chi connectivity index (χ2v) is 4.16. The first-order valence-electron chi connectivity index (χ1n) is 4.47. The molecule has 1 aromatic heterocycles. The van der Waals surface area contributed by atoms with E-state index in [1.165, 1.54) is 0 Å². The molecule has 0 bridgehead atoms. The average Bonchev–Trinajstić information content (AvgIpc) is 2.75. The molecule has 0 aliphatic heterocycles. The monoisotopic (exact) mass is 213 g/mol. The maximum Gasteiger partial charge on any atom is 0.231 e. The zero-order chi connectivity index (χ0) is 9.97. The molecule has 1 heterocycles. The first-order valence-corrected chi connectivity index (χ1v) is 5.24. The van der Waals surface area contributed by atoms with E-state index in [0.29, 0.717) is 5.13 Å². The Kier molecular flexibility index (Phi) is 2.69. The molecule has 0 radical (unpaired) electrons. The number of aromatic nitrogens is 3. The molecule has 0 saturated heterocycles. The minimum absolute atomic E-state index is 0.0171. The smallest absolute Gasteiger partial charge is 0.231 e. The molecule has 1 saturated carbocycles. The third kappa shape index (κ3) is 2.05. The molecule has 2 atom stereocenters. The number of carbonyl (C=O) groups is 1. The topological polar surface area (TPSA) is 93.8 Å². The third-order valence-electron chi connectivity index (χ3n) is 2.37. The van der Waals surface area contributed by atoms with Crippen LogP contribution in [0.25, 0.3) is 0 Å². The Balaban J connectivity index is 1.90. The number of nitrogens with two attached hydrogens (primary N) is 1. The van der Waals surface area contributed by atoms with Crippen molar-refractivity contribution in [1.29, 1.82) is 0 Å². The maximum atomic E-state index is 11.6. The number of rotatable bonds is 2. The standard InChI is InChI=1S/C7H11N5OS/c8-5-2-1-4(3-5)6(13)9-7-10-11-12-14-7/h4-5H,1-3,8H2,(H,9,10,12,13). The predicted octanol–water partition coefficient (Wildman–Crippen LogP) is -0.00100. The lowest BCUT2D eigenvalue weighted by molar-refractivity contribution is -0.119. The van der Waals surface area contributed by atoms with Crippen LogP contribution in [0.1, 0.15) is 19.3 Å². The van der Waals surface area contributed by atoms with Crippen molar-refractivity contribution >= 4 is 22.6 Å². The largest absolute Gasteiger partial charge is 0.328 e. The lowest BCUT2D eigenvalue weighted by atomic mass is 10.1. The van der Waals surface area contributed by atoms with Crippen LogP contribution < -0.4 is 11.1 Å². The molecule has 1 fully saturated rings. The highest BCUT2D eigenvalue weighted by Crippen LogP contribution is 2.25. The highest BCUT2D eigenvalue weighted by Gasteiger charge is 2.28. The van der Waals surface area contributed by atoms with Gasteiger partial charge in [-0.3, -0.25) is 10.1 Å². The van der Waals surface area contributed by atoms with Crippen LogP contribution in [0, 0.1) is 5.92 Å². The van der Waals surface area contributed by atoms with Gasteiger partial charge in [-0.2, -0.15) is 0 Å². The Morgan fingerprint density at radius 2 is 2.43 bits per heavy atom.